The maximum absolute atomic E-state index is 9.86. The quantitative estimate of drug-likeness (QED) is 0.442. The minimum atomic E-state index is 0.227. The van der Waals surface area contributed by atoms with Crippen molar-refractivity contribution in [1.29, 1.82) is 0 Å². The van der Waals surface area contributed by atoms with Crippen LogP contribution >= 0.6 is 0 Å². The Morgan fingerprint density at radius 2 is 2.55 bits per heavy atom. The second-order valence-corrected chi connectivity index (χ2v) is 2.61. The van der Waals surface area contributed by atoms with Gasteiger partial charge in [-0.25, -0.2) is 4.79 Å². The molecule has 1 heterocycles. The van der Waals surface area contributed by atoms with Gasteiger partial charge in [0.25, 0.3) is 0 Å². The molecule has 0 spiro atoms. The Balaban J connectivity index is 2.44. The van der Waals surface area contributed by atoms with Crippen molar-refractivity contribution >= 4 is 6.08 Å². The summed E-state index contributed by atoms with van der Waals surface area (Å²) in [6.45, 7) is 5.12. The molecule has 1 aliphatic rings. The molecule has 1 aliphatic heterocycles. The molecule has 0 aromatic heterocycles. The van der Waals surface area contributed by atoms with Gasteiger partial charge in [0, 0.05) is 12.5 Å². The normalized spacial score (nSPS) is 23.8. The molecule has 0 aliphatic carbocycles. The molecule has 0 amide bonds. The first-order chi connectivity index (χ1) is 5.34. The van der Waals surface area contributed by atoms with Crippen molar-refractivity contribution in [3.8, 4) is 0 Å². The Hall–Kier alpha value is -0.920. The van der Waals surface area contributed by atoms with E-state index in [-0.39, 0.29) is 5.92 Å². The van der Waals surface area contributed by atoms with Crippen LogP contribution in [0.25, 0.3) is 0 Å². The van der Waals surface area contributed by atoms with E-state index in [0.29, 0.717) is 12.3 Å². The number of isocyanates is 1. The van der Waals surface area contributed by atoms with Gasteiger partial charge in [0.1, 0.15) is 0 Å². The number of nitrogens with zero attached hydrogens (tertiary/aromatic N) is 1. The van der Waals surface area contributed by atoms with Crippen LogP contribution in [-0.2, 0) is 9.53 Å². The third kappa shape index (κ3) is 2.30. The van der Waals surface area contributed by atoms with Gasteiger partial charge < -0.3 is 4.74 Å². The highest BCUT2D eigenvalue weighted by Gasteiger charge is 2.16. The van der Waals surface area contributed by atoms with Crippen molar-refractivity contribution in [3.05, 3.63) is 12.3 Å². The third-order valence-corrected chi connectivity index (χ3v) is 1.82. The van der Waals surface area contributed by atoms with Crippen molar-refractivity contribution < 1.29 is 9.53 Å². The predicted octanol–water partition coefficient (Wildman–Crippen LogP) is 1.26. The number of carbonyl (C=O) groups excluding carboxylic acids is 1. The predicted molar refractivity (Wildman–Crippen MR) is 40.8 cm³/mol. The van der Waals surface area contributed by atoms with Crippen LogP contribution in [0.1, 0.15) is 12.8 Å². The van der Waals surface area contributed by atoms with Gasteiger partial charge in [-0.05, 0) is 12.8 Å². The van der Waals surface area contributed by atoms with Crippen molar-refractivity contribution in [1.82, 2.24) is 0 Å². The zero-order chi connectivity index (χ0) is 8.10. The summed E-state index contributed by atoms with van der Waals surface area (Å²) in [6, 6.07) is 0. The molecule has 0 aromatic carbocycles. The number of aliphatic imine (C=N–C) groups is 1. The van der Waals surface area contributed by atoms with Crippen molar-refractivity contribution in [2.75, 3.05) is 13.2 Å². The first kappa shape index (κ1) is 8.18. The van der Waals surface area contributed by atoms with Crippen LogP contribution < -0.4 is 0 Å². The summed E-state index contributed by atoms with van der Waals surface area (Å²) >= 11 is 0. The number of rotatable bonds is 2. The standard InChI is InChI=1S/C8H11NO2/c1-7(9-6-10)8-3-2-4-11-5-8/h8H,1-5H2. The van der Waals surface area contributed by atoms with Crippen LogP contribution in [0.2, 0.25) is 0 Å². The van der Waals surface area contributed by atoms with Gasteiger partial charge in [0.2, 0.25) is 6.08 Å². The second-order valence-electron chi connectivity index (χ2n) is 2.61. The van der Waals surface area contributed by atoms with E-state index in [9.17, 15) is 4.79 Å². The van der Waals surface area contributed by atoms with E-state index >= 15 is 0 Å². The monoisotopic (exact) mass is 153 g/mol. The van der Waals surface area contributed by atoms with Crippen LogP contribution in [0.15, 0.2) is 17.3 Å². The molecule has 0 bridgehead atoms. The summed E-state index contributed by atoms with van der Waals surface area (Å²) < 4.78 is 5.20. The van der Waals surface area contributed by atoms with E-state index in [1.54, 1.807) is 0 Å². The van der Waals surface area contributed by atoms with E-state index in [2.05, 4.69) is 11.6 Å². The molecule has 1 saturated heterocycles. The molecule has 1 fully saturated rings. The molecule has 0 N–H and O–H groups in total. The molecule has 0 radical (unpaired) electrons. The Morgan fingerprint density at radius 3 is 3.09 bits per heavy atom. The zero-order valence-electron chi connectivity index (χ0n) is 6.38. The maximum Gasteiger partial charge on any atom is 0.240 e. The van der Waals surface area contributed by atoms with Crippen molar-refractivity contribution in [2.24, 2.45) is 10.9 Å². The van der Waals surface area contributed by atoms with Gasteiger partial charge in [-0.1, -0.05) is 6.58 Å². The minimum absolute atomic E-state index is 0.227. The fraction of sp³-hybridized carbons (Fsp3) is 0.625. The van der Waals surface area contributed by atoms with Crippen molar-refractivity contribution in [3.63, 3.8) is 0 Å². The van der Waals surface area contributed by atoms with Gasteiger partial charge in [-0.15, -0.1) is 0 Å². The number of ether oxygens (including phenoxy) is 1. The van der Waals surface area contributed by atoms with Gasteiger partial charge in [-0.3, -0.25) is 0 Å². The highest BCUT2D eigenvalue weighted by molar-refractivity contribution is 5.36. The molecular weight excluding hydrogens is 142 g/mol. The average molecular weight is 153 g/mol. The SMILES string of the molecule is C=C(N=C=O)C1CCCOC1. The lowest BCUT2D eigenvalue weighted by atomic mass is 10.00. The Kier molecular flexibility index (Phi) is 3.02. The molecule has 3 nitrogen and oxygen atoms in total. The lowest BCUT2D eigenvalue weighted by Gasteiger charge is -2.20. The third-order valence-electron chi connectivity index (χ3n) is 1.82. The molecular formula is C8H11NO2. The van der Waals surface area contributed by atoms with E-state index in [0.717, 1.165) is 19.4 Å². The Labute approximate surface area is 65.8 Å². The molecule has 3 heteroatoms. The lowest BCUT2D eigenvalue weighted by molar-refractivity contribution is 0.0671. The minimum Gasteiger partial charge on any atom is -0.381 e. The number of hydrogen-bond donors (Lipinski definition) is 0. The summed E-state index contributed by atoms with van der Waals surface area (Å²) in [5, 5.41) is 0. The highest BCUT2D eigenvalue weighted by Crippen LogP contribution is 2.20. The fourth-order valence-corrected chi connectivity index (χ4v) is 1.15. The molecule has 0 aromatic rings. The van der Waals surface area contributed by atoms with Crippen LogP contribution in [0.4, 0.5) is 0 Å². The molecule has 60 valence electrons. The van der Waals surface area contributed by atoms with E-state index < -0.39 is 0 Å². The summed E-state index contributed by atoms with van der Waals surface area (Å²) in [4.78, 5) is 13.3. The van der Waals surface area contributed by atoms with E-state index in [4.69, 9.17) is 4.74 Å². The Bertz CT molecular complexity index is 188. The Morgan fingerprint density at radius 1 is 1.73 bits per heavy atom. The molecule has 1 unspecified atom stereocenters. The number of hydrogen-bond acceptors (Lipinski definition) is 3. The van der Waals surface area contributed by atoms with E-state index in [1.165, 1.54) is 6.08 Å². The molecule has 1 rings (SSSR count). The highest BCUT2D eigenvalue weighted by atomic mass is 16.5. The van der Waals surface area contributed by atoms with E-state index in [1.807, 2.05) is 0 Å². The molecule has 1 atom stereocenters. The summed E-state index contributed by atoms with van der Waals surface area (Å²) in [5.41, 5.74) is 0.597. The first-order valence-electron chi connectivity index (χ1n) is 3.69. The van der Waals surface area contributed by atoms with Gasteiger partial charge in [-0.2, -0.15) is 4.99 Å². The van der Waals surface area contributed by atoms with Crippen molar-refractivity contribution in [2.45, 2.75) is 12.8 Å². The topological polar surface area (TPSA) is 38.7 Å². The first-order valence-corrected chi connectivity index (χ1v) is 3.69. The molecule has 0 saturated carbocycles. The van der Waals surface area contributed by atoms with Crippen LogP contribution in [0, 0.1) is 5.92 Å². The summed E-state index contributed by atoms with van der Waals surface area (Å²) in [5.74, 6) is 0.227. The summed E-state index contributed by atoms with van der Waals surface area (Å²) in [7, 11) is 0. The smallest absolute Gasteiger partial charge is 0.240 e. The van der Waals surface area contributed by atoms with Gasteiger partial charge >= 0.3 is 0 Å². The average Bonchev–Trinajstić information content (AvgIpc) is 2.07. The lowest BCUT2D eigenvalue weighted by Crippen LogP contribution is -2.17. The molecule has 11 heavy (non-hydrogen) atoms. The fourth-order valence-electron chi connectivity index (χ4n) is 1.15. The van der Waals surface area contributed by atoms with Crippen LogP contribution in [-0.4, -0.2) is 19.3 Å². The van der Waals surface area contributed by atoms with Crippen LogP contribution in [0.3, 0.4) is 0 Å². The largest absolute Gasteiger partial charge is 0.381 e. The van der Waals surface area contributed by atoms with Crippen LogP contribution in [0.5, 0.6) is 0 Å². The zero-order valence-corrected chi connectivity index (χ0v) is 6.38. The summed E-state index contributed by atoms with van der Waals surface area (Å²) in [6.07, 6.45) is 3.53. The van der Waals surface area contributed by atoms with Gasteiger partial charge in [0.05, 0.1) is 12.3 Å². The second kappa shape index (κ2) is 4.06. The maximum atomic E-state index is 9.86. The van der Waals surface area contributed by atoms with Gasteiger partial charge in [0.15, 0.2) is 0 Å².